The number of nitrogens with one attached hydrogen (secondary N) is 2. The van der Waals surface area contributed by atoms with Gasteiger partial charge in [0.2, 0.25) is 0 Å². The summed E-state index contributed by atoms with van der Waals surface area (Å²) in [5.74, 6) is 0. The Hall–Kier alpha value is -1.05. The van der Waals surface area contributed by atoms with Crippen LogP contribution in [0, 0.1) is 6.92 Å². The molecule has 88 valence electrons. The summed E-state index contributed by atoms with van der Waals surface area (Å²) in [5.41, 5.74) is 0.418. The Balaban J connectivity index is 2.21. The molecule has 1 aromatic heterocycles. The SMILES string of the molecule is Cc1nccnc1S(=O)(=O)N[C@H]1CCNC1. The van der Waals surface area contributed by atoms with E-state index in [0.29, 0.717) is 12.2 Å². The van der Waals surface area contributed by atoms with E-state index in [4.69, 9.17) is 0 Å². The summed E-state index contributed by atoms with van der Waals surface area (Å²) in [5, 5.41) is 3.11. The van der Waals surface area contributed by atoms with Gasteiger partial charge >= 0.3 is 0 Å². The largest absolute Gasteiger partial charge is 0.315 e. The van der Waals surface area contributed by atoms with Crippen LogP contribution in [0.5, 0.6) is 0 Å². The molecule has 1 saturated heterocycles. The number of hydrogen-bond acceptors (Lipinski definition) is 5. The second-order valence-electron chi connectivity index (χ2n) is 3.76. The zero-order valence-corrected chi connectivity index (χ0v) is 9.79. The zero-order valence-electron chi connectivity index (χ0n) is 8.97. The highest BCUT2D eigenvalue weighted by atomic mass is 32.2. The molecule has 2 rings (SSSR count). The van der Waals surface area contributed by atoms with Gasteiger partial charge in [-0.1, -0.05) is 0 Å². The second-order valence-corrected chi connectivity index (χ2v) is 5.39. The molecule has 0 amide bonds. The van der Waals surface area contributed by atoms with Crippen LogP contribution in [0.3, 0.4) is 0 Å². The molecule has 1 aliphatic rings. The minimum Gasteiger partial charge on any atom is -0.315 e. The Bertz CT molecular complexity index is 468. The van der Waals surface area contributed by atoms with Crippen molar-refractivity contribution in [2.24, 2.45) is 0 Å². The average molecular weight is 242 g/mol. The van der Waals surface area contributed by atoms with E-state index in [1.165, 1.54) is 12.4 Å². The first kappa shape index (κ1) is 11.4. The number of sulfonamides is 1. The molecule has 0 saturated carbocycles. The van der Waals surface area contributed by atoms with E-state index in [2.05, 4.69) is 20.0 Å². The molecule has 0 bridgehead atoms. The topological polar surface area (TPSA) is 84.0 Å². The first-order valence-corrected chi connectivity index (χ1v) is 6.58. The maximum absolute atomic E-state index is 12.0. The zero-order chi connectivity index (χ0) is 11.6. The summed E-state index contributed by atoms with van der Waals surface area (Å²) in [6.07, 6.45) is 3.67. The van der Waals surface area contributed by atoms with Crippen LogP contribution in [-0.4, -0.2) is 37.5 Å². The standard InChI is InChI=1S/C9H14N4O2S/c1-7-9(12-5-4-11-7)16(14,15)13-8-2-3-10-6-8/h4-5,8,10,13H,2-3,6H2,1H3/t8-/m0/s1. The number of nitrogens with zero attached hydrogens (tertiary/aromatic N) is 2. The van der Waals surface area contributed by atoms with Gasteiger partial charge in [0.05, 0.1) is 5.69 Å². The van der Waals surface area contributed by atoms with E-state index >= 15 is 0 Å². The number of rotatable bonds is 3. The maximum atomic E-state index is 12.0. The van der Waals surface area contributed by atoms with Crippen LogP contribution < -0.4 is 10.0 Å². The lowest BCUT2D eigenvalue weighted by molar-refractivity contribution is 0.555. The van der Waals surface area contributed by atoms with Crippen molar-refractivity contribution in [2.45, 2.75) is 24.4 Å². The summed E-state index contributed by atoms with van der Waals surface area (Å²) in [6.45, 7) is 3.14. The Labute approximate surface area is 94.6 Å². The van der Waals surface area contributed by atoms with Gasteiger partial charge in [-0.25, -0.2) is 18.1 Å². The third kappa shape index (κ3) is 2.37. The molecule has 7 heteroatoms. The van der Waals surface area contributed by atoms with Gasteiger partial charge in [-0.15, -0.1) is 0 Å². The molecule has 0 unspecified atom stereocenters. The molecule has 1 aromatic rings. The third-order valence-corrected chi connectivity index (χ3v) is 4.03. The van der Waals surface area contributed by atoms with Crippen LogP contribution in [0.2, 0.25) is 0 Å². The second kappa shape index (κ2) is 4.44. The van der Waals surface area contributed by atoms with Crippen molar-refractivity contribution in [3.05, 3.63) is 18.1 Å². The lowest BCUT2D eigenvalue weighted by atomic mass is 10.3. The summed E-state index contributed by atoms with van der Waals surface area (Å²) >= 11 is 0. The van der Waals surface area contributed by atoms with Crippen molar-refractivity contribution in [3.8, 4) is 0 Å². The van der Waals surface area contributed by atoms with Crippen molar-refractivity contribution < 1.29 is 8.42 Å². The fourth-order valence-electron chi connectivity index (χ4n) is 1.69. The number of aromatic nitrogens is 2. The molecular formula is C9H14N4O2S. The smallest absolute Gasteiger partial charge is 0.260 e. The predicted octanol–water partition coefficient (Wildman–Crippen LogP) is -0.575. The Morgan fingerprint density at radius 3 is 2.81 bits per heavy atom. The highest BCUT2D eigenvalue weighted by Gasteiger charge is 2.25. The fraction of sp³-hybridized carbons (Fsp3) is 0.556. The van der Waals surface area contributed by atoms with Crippen molar-refractivity contribution in [1.82, 2.24) is 20.0 Å². The van der Waals surface area contributed by atoms with Crippen LogP contribution in [0.4, 0.5) is 0 Å². The first-order chi connectivity index (χ1) is 7.59. The summed E-state index contributed by atoms with van der Waals surface area (Å²) < 4.78 is 26.6. The van der Waals surface area contributed by atoms with E-state index in [0.717, 1.165) is 13.0 Å². The minimum absolute atomic E-state index is 0.0156. The molecule has 1 fully saturated rings. The van der Waals surface area contributed by atoms with Gasteiger partial charge in [0.25, 0.3) is 10.0 Å². The van der Waals surface area contributed by atoms with E-state index < -0.39 is 10.0 Å². The molecule has 2 N–H and O–H groups in total. The number of hydrogen-bond donors (Lipinski definition) is 2. The molecule has 2 heterocycles. The molecule has 1 atom stereocenters. The summed E-state index contributed by atoms with van der Waals surface area (Å²) in [4.78, 5) is 7.78. The van der Waals surface area contributed by atoms with Crippen LogP contribution in [0.25, 0.3) is 0 Å². The van der Waals surface area contributed by atoms with Crippen LogP contribution in [0.1, 0.15) is 12.1 Å². The van der Waals surface area contributed by atoms with Crippen LogP contribution in [-0.2, 0) is 10.0 Å². The first-order valence-electron chi connectivity index (χ1n) is 5.10. The third-order valence-electron chi connectivity index (χ3n) is 2.47. The molecule has 0 aromatic carbocycles. The van der Waals surface area contributed by atoms with Gasteiger partial charge < -0.3 is 5.32 Å². The molecule has 0 radical (unpaired) electrons. The van der Waals surface area contributed by atoms with E-state index in [1.807, 2.05) is 0 Å². The molecule has 1 aliphatic heterocycles. The van der Waals surface area contributed by atoms with Crippen molar-refractivity contribution >= 4 is 10.0 Å². The highest BCUT2D eigenvalue weighted by Crippen LogP contribution is 2.10. The van der Waals surface area contributed by atoms with Gasteiger partial charge in [-0.2, -0.15) is 0 Å². The van der Waals surface area contributed by atoms with Crippen LogP contribution >= 0.6 is 0 Å². The molecule has 0 aliphatic carbocycles. The minimum atomic E-state index is -3.54. The van der Waals surface area contributed by atoms with Gasteiger partial charge in [-0.05, 0) is 19.9 Å². The summed E-state index contributed by atoms with van der Waals surface area (Å²) in [7, 11) is -3.54. The van der Waals surface area contributed by atoms with Crippen molar-refractivity contribution in [2.75, 3.05) is 13.1 Å². The highest BCUT2D eigenvalue weighted by molar-refractivity contribution is 7.89. The molecule has 16 heavy (non-hydrogen) atoms. The molecular weight excluding hydrogens is 228 g/mol. The normalized spacial score (nSPS) is 21.2. The van der Waals surface area contributed by atoms with Crippen molar-refractivity contribution in [1.29, 1.82) is 0 Å². The maximum Gasteiger partial charge on any atom is 0.260 e. The predicted molar refractivity (Wildman–Crippen MR) is 58.4 cm³/mol. The average Bonchev–Trinajstić information content (AvgIpc) is 2.70. The van der Waals surface area contributed by atoms with Crippen LogP contribution in [0.15, 0.2) is 17.4 Å². The molecule has 0 spiro atoms. The van der Waals surface area contributed by atoms with Gasteiger partial charge in [0.15, 0.2) is 5.03 Å². The van der Waals surface area contributed by atoms with E-state index in [1.54, 1.807) is 6.92 Å². The van der Waals surface area contributed by atoms with Gasteiger partial charge in [0.1, 0.15) is 0 Å². The molecule has 6 nitrogen and oxygen atoms in total. The Kier molecular flexibility index (Phi) is 3.17. The Morgan fingerprint density at radius 2 is 2.19 bits per heavy atom. The van der Waals surface area contributed by atoms with Gasteiger partial charge in [-0.3, -0.25) is 4.98 Å². The number of aryl methyl sites for hydroxylation is 1. The van der Waals surface area contributed by atoms with E-state index in [-0.39, 0.29) is 11.1 Å². The quantitative estimate of drug-likeness (QED) is 0.741. The lowest BCUT2D eigenvalue weighted by Crippen LogP contribution is -2.37. The van der Waals surface area contributed by atoms with Crippen molar-refractivity contribution in [3.63, 3.8) is 0 Å². The lowest BCUT2D eigenvalue weighted by Gasteiger charge is -2.11. The summed E-state index contributed by atoms with van der Waals surface area (Å²) in [6, 6.07) is -0.0496. The monoisotopic (exact) mass is 242 g/mol. The Morgan fingerprint density at radius 1 is 1.44 bits per heavy atom. The van der Waals surface area contributed by atoms with Gasteiger partial charge in [0, 0.05) is 25.0 Å². The fourth-order valence-corrected chi connectivity index (χ4v) is 3.08. The van der Waals surface area contributed by atoms with E-state index in [9.17, 15) is 8.42 Å².